The van der Waals surface area contributed by atoms with Gasteiger partial charge in [0, 0.05) is 32.2 Å². The number of hydrogen-bond acceptors (Lipinski definition) is 12. The predicted octanol–water partition coefficient (Wildman–Crippen LogP) is 6.30. The van der Waals surface area contributed by atoms with Crippen molar-refractivity contribution in [2.24, 2.45) is 11.3 Å². The first-order chi connectivity index (χ1) is 30.3. The van der Waals surface area contributed by atoms with E-state index < -0.39 is 77.2 Å². The predicted molar refractivity (Wildman–Crippen MR) is 232 cm³/mol. The number of unbranched alkanes of at least 4 members (excludes halogenated alkanes) is 4. The molecule has 1 aromatic rings. The number of esters is 2. The Morgan fingerprint density at radius 1 is 0.968 bits per heavy atom. The van der Waals surface area contributed by atoms with Gasteiger partial charge in [-0.2, -0.15) is 5.06 Å². The number of aliphatic hydroxyl groups is 1. The van der Waals surface area contributed by atoms with Gasteiger partial charge in [-0.25, -0.2) is 0 Å². The third-order valence-corrected chi connectivity index (χ3v) is 14.4. The second-order valence-electron chi connectivity index (χ2n) is 20.3. The lowest BCUT2D eigenvalue weighted by atomic mass is 9.62. The Morgan fingerprint density at radius 2 is 1.70 bits per heavy atom. The van der Waals surface area contributed by atoms with E-state index in [1.165, 1.54) is 0 Å². The summed E-state index contributed by atoms with van der Waals surface area (Å²) in [4.78, 5) is 65.2. The number of aliphatic hydroxyl groups excluding tert-OH is 1. The number of ether oxygens (including phenoxy) is 5. The van der Waals surface area contributed by atoms with Gasteiger partial charge in [0.2, 0.25) is 11.8 Å². The first-order valence-electron chi connectivity index (χ1n) is 24.1. The smallest absolute Gasteiger partial charge is 0.327 e. The molecule has 63 heavy (non-hydrogen) atoms. The number of nitrogens with zero attached hydrogens (tertiary/aromatic N) is 2. The number of allylic oxidation sites excluding steroid dienone is 1. The summed E-state index contributed by atoms with van der Waals surface area (Å²) in [5.41, 5.74) is -0.0936. The fraction of sp³-hybridized carbons (Fsp3) is 0.755. The van der Waals surface area contributed by atoms with Crippen molar-refractivity contribution in [3.05, 3.63) is 41.5 Å². The number of carbonyl (C=O) groups is 4. The zero-order chi connectivity index (χ0) is 44.5. The van der Waals surface area contributed by atoms with E-state index in [-0.39, 0.29) is 38.3 Å². The van der Waals surface area contributed by atoms with Crippen LogP contribution in [0.25, 0.3) is 6.08 Å². The second-order valence-corrected chi connectivity index (χ2v) is 20.3. The molecule has 2 N–H and O–H groups in total. The molecular weight excluding hydrogens is 807 g/mol. The number of hydrogen-bond donors (Lipinski definition) is 2. The van der Waals surface area contributed by atoms with Crippen molar-refractivity contribution in [1.82, 2.24) is 15.3 Å². The van der Waals surface area contributed by atoms with Gasteiger partial charge in [-0.05, 0) is 89.2 Å². The number of fused-ring (bicyclic) bond motifs is 5. The van der Waals surface area contributed by atoms with Gasteiger partial charge < -0.3 is 39.0 Å². The van der Waals surface area contributed by atoms with E-state index >= 15 is 4.79 Å². The molecule has 14 nitrogen and oxygen atoms in total. The van der Waals surface area contributed by atoms with Crippen molar-refractivity contribution in [3.8, 4) is 0 Å². The fourth-order valence-corrected chi connectivity index (χ4v) is 11.2. The van der Waals surface area contributed by atoms with E-state index in [0.29, 0.717) is 50.4 Å². The summed E-state index contributed by atoms with van der Waals surface area (Å²) in [7, 11) is 0. The van der Waals surface area contributed by atoms with E-state index in [1.807, 2.05) is 12.1 Å². The molecule has 0 aromatic heterocycles. The van der Waals surface area contributed by atoms with Crippen LogP contribution in [-0.2, 0) is 54.2 Å². The number of hydroxylamine groups is 2. The first-order valence-corrected chi connectivity index (χ1v) is 24.1. The molecule has 1 aromatic carbocycles. The molecule has 2 bridgehead atoms. The SMILES string of the molecule is CCCCCC1(CCCCC)OC2C3CC4(C(=O)N5CCCC5C(=O)NC(CO)CCC(=O)OC(C)(C)C)C(ON(Cc5ccc(C=CC6CCC7OC7C6)cc5)C4C(=O)O3)C2O1. The van der Waals surface area contributed by atoms with Crippen molar-refractivity contribution < 1.29 is 52.8 Å². The molecule has 0 radical (unpaired) electrons. The number of epoxide rings is 1. The lowest BCUT2D eigenvalue weighted by Gasteiger charge is -2.50. The van der Waals surface area contributed by atoms with Crippen LogP contribution in [0, 0.1) is 11.3 Å². The van der Waals surface area contributed by atoms with Gasteiger partial charge in [0.25, 0.3) is 0 Å². The zero-order valence-corrected chi connectivity index (χ0v) is 38.1. The van der Waals surface area contributed by atoms with Crippen LogP contribution in [-0.4, -0.2) is 118 Å². The van der Waals surface area contributed by atoms with Gasteiger partial charge in [-0.15, -0.1) is 0 Å². The molecule has 2 aliphatic carbocycles. The Balaban J connectivity index is 1.05. The summed E-state index contributed by atoms with van der Waals surface area (Å²) in [5, 5.41) is 14.8. The molecule has 11 atom stereocenters. The molecule has 7 fully saturated rings. The highest BCUT2D eigenvalue weighted by Crippen LogP contribution is 2.59. The van der Waals surface area contributed by atoms with E-state index in [0.717, 1.165) is 68.9 Å². The Morgan fingerprint density at radius 3 is 2.38 bits per heavy atom. The van der Waals surface area contributed by atoms with Gasteiger partial charge in [0.15, 0.2) is 11.8 Å². The third-order valence-electron chi connectivity index (χ3n) is 14.4. The largest absolute Gasteiger partial charge is 0.460 e. The van der Waals surface area contributed by atoms with Gasteiger partial charge in [0.1, 0.15) is 41.5 Å². The molecular formula is C49H71N3O11. The summed E-state index contributed by atoms with van der Waals surface area (Å²) in [5.74, 6) is -2.11. The maximum Gasteiger partial charge on any atom is 0.327 e. The standard InChI is InChI=1S/C49H71N3O11/c1-6-8-10-24-48(25-11-9-7-2)61-40-38-28-49(46(57)51-26-12-13-35(51)44(55)50-34(30-53)21-23-39(54)60-47(3,4)5)42(45(56)59-38)52(63-43(49)41(40)62-48)29-33-18-15-31(16-19-33)14-17-32-20-22-36-37(27-32)58-36/h14-19,32,34-38,40-43,53H,6-13,20-30H2,1-5H3,(H,50,55). The molecule has 5 aliphatic heterocycles. The average molecular weight is 878 g/mol. The monoisotopic (exact) mass is 878 g/mol. The second kappa shape index (κ2) is 19.2. The Bertz CT molecular complexity index is 1820. The molecule has 348 valence electrons. The molecule has 5 heterocycles. The molecule has 11 unspecified atom stereocenters. The first kappa shape index (κ1) is 46.1. The van der Waals surface area contributed by atoms with E-state index in [2.05, 4.69) is 43.4 Å². The number of carbonyl (C=O) groups excluding carboxylic acids is 4. The van der Waals surface area contributed by atoms with E-state index in [1.54, 1.807) is 30.7 Å². The highest BCUT2D eigenvalue weighted by atomic mass is 16.8. The zero-order valence-electron chi connectivity index (χ0n) is 38.1. The minimum Gasteiger partial charge on any atom is -0.460 e. The molecule has 2 amide bonds. The van der Waals surface area contributed by atoms with Crippen LogP contribution >= 0.6 is 0 Å². The Labute approximate surface area is 373 Å². The number of nitrogens with one attached hydrogen (secondary N) is 1. The fourth-order valence-electron chi connectivity index (χ4n) is 11.2. The maximum absolute atomic E-state index is 15.6. The number of benzene rings is 1. The van der Waals surface area contributed by atoms with Gasteiger partial charge in [0.05, 0.1) is 31.4 Å². The van der Waals surface area contributed by atoms with Crippen molar-refractivity contribution in [2.75, 3.05) is 13.2 Å². The Kier molecular flexibility index (Phi) is 14.1. The third kappa shape index (κ3) is 9.92. The van der Waals surface area contributed by atoms with Gasteiger partial charge in [-0.3, -0.25) is 24.0 Å². The molecule has 0 spiro atoms. The van der Waals surface area contributed by atoms with Gasteiger partial charge in [-0.1, -0.05) is 75.9 Å². The topological polar surface area (TPSA) is 166 Å². The van der Waals surface area contributed by atoms with Crippen LogP contribution in [0.4, 0.5) is 0 Å². The lowest BCUT2D eigenvalue weighted by molar-refractivity contribution is -0.225. The maximum atomic E-state index is 15.6. The van der Waals surface area contributed by atoms with Crippen LogP contribution < -0.4 is 5.32 Å². The summed E-state index contributed by atoms with van der Waals surface area (Å²) in [6.07, 6.45) is 14.4. The highest BCUT2D eigenvalue weighted by Gasteiger charge is 2.77. The molecule has 7 aliphatic rings. The van der Waals surface area contributed by atoms with Gasteiger partial charge >= 0.3 is 11.9 Å². The summed E-state index contributed by atoms with van der Waals surface area (Å²) in [6.45, 7) is 9.84. The normalized spacial score (nSPS) is 33.5. The van der Waals surface area contributed by atoms with Crippen LogP contribution in [0.15, 0.2) is 30.3 Å². The molecule has 5 saturated heterocycles. The van der Waals surface area contributed by atoms with Crippen LogP contribution in [0.3, 0.4) is 0 Å². The van der Waals surface area contributed by atoms with Crippen LogP contribution in [0.2, 0.25) is 0 Å². The Hall–Kier alpha value is -3.40. The number of likely N-dealkylation sites (tertiary alicyclic amines) is 1. The number of amides is 2. The minimum absolute atomic E-state index is 0.0126. The van der Waals surface area contributed by atoms with Crippen LogP contribution in [0.5, 0.6) is 0 Å². The van der Waals surface area contributed by atoms with Crippen LogP contribution in [0.1, 0.15) is 148 Å². The van der Waals surface area contributed by atoms with Crippen molar-refractivity contribution in [1.29, 1.82) is 0 Å². The molecule has 14 heteroatoms. The van der Waals surface area contributed by atoms with Crippen molar-refractivity contribution in [3.63, 3.8) is 0 Å². The van der Waals surface area contributed by atoms with Crippen molar-refractivity contribution >= 4 is 29.8 Å². The van der Waals surface area contributed by atoms with Crippen molar-refractivity contribution in [2.45, 2.75) is 210 Å². The van der Waals surface area contributed by atoms with E-state index in [9.17, 15) is 19.5 Å². The highest BCUT2D eigenvalue weighted by molar-refractivity contribution is 5.96. The lowest BCUT2D eigenvalue weighted by Crippen LogP contribution is -2.70. The summed E-state index contributed by atoms with van der Waals surface area (Å²) < 4.78 is 31.5. The molecule has 2 saturated carbocycles. The summed E-state index contributed by atoms with van der Waals surface area (Å²) >= 11 is 0. The molecule has 8 rings (SSSR count). The quantitative estimate of drug-likeness (QED) is 0.0907. The number of rotatable bonds is 19. The average Bonchev–Trinajstić information content (AvgIpc) is 3.51. The van der Waals surface area contributed by atoms with E-state index in [4.69, 9.17) is 28.5 Å². The minimum atomic E-state index is -1.42. The summed E-state index contributed by atoms with van der Waals surface area (Å²) in [6, 6.07) is 5.54.